The summed E-state index contributed by atoms with van der Waals surface area (Å²) in [7, 11) is 3.69. The molecule has 2 rings (SSSR count). The monoisotopic (exact) mass is 301 g/mol. The molecule has 2 N–H and O–H groups in total. The predicted octanol–water partition coefficient (Wildman–Crippen LogP) is 2.90. The molecule has 0 aliphatic heterocycles. The maximum absolute atomic E-state index is 12.3. The number of benzene rings is 1. The molecule has 5 heteroatoms. The van der Waals surface area contributed by atoms with E-state index in [0.29, 0.717) is 12.2 Å². The maximum atomic E-state index is 12.3. The Morgan fingerprint density at radius 2 is 1.86 bits per heavy atom. The zero-order valence-electron chi connectivity index (χ0n) is 13.8. The van der Waals surface area contributed by atoms with Crippen LogP contribution < -0.4 is 5.32 Å². The molecule has 22 heavy (non-hydrogen) atoms. The summed E-state index contributed by atoms with van der Waals surface area (Å²) in [6, 6.07) is 7.42. The molecule has 1 heterocycles. The largest absolute Gasteiger partial charge is 0.352 e. The van der Waals surface area contributed by atoms with E-state index in [9.17, 15) is 9.59 Å². The van der Waals surface area contributed by atoms with Crippen molar-refractivity contribution in [3.05, 3.63) is 30.0 Å². The average Bonchev–Trinajstić information content (AvgIpc) is 2.78. The SMILES string of the molecule is CN(C)CC(=O)Nc1ccc2[nH]c(C(=O)C(C)(C)C)cc2c1. The summed E-state index contributed by atoms with van der Waals surface area (Å²) in [4.78, 5) is 29.1. The summed E-state index contributed by atoms with van der Waals surface area (Å²) in [6.07, 6.45) is 0. The molecule has 0 atom stereocenters. The van der Waals surface area contributed by atoms with Crippen molar-refractivity contribution in [1.82, 2.24) is 9.88 Å². The summed E-state index contributed by atoms with van der Waals surface area (Å²) in [5, 5.41) is 3.77. The number of hydrogen-bond donors (Lipinski definition) is 2. The number of nitrogens with one attached hydrogen (secondary N) is 2. The van der Waals surface area contributed by atoms with Crippen LogP contribution >= 0.6 is 0 Å². The molecule has 0 bridgehead atoms. The first-order chi connectivity index (χ1) is 10.2. The van der Waals surface area contributed by atoms with E-state index in [1.807, 2.05) is 64.0 Å². The minimum Gasteiger partial charge on any atom is -0.352 e. The fourth-order valence-electron chi connectivity index (χ4n) is 2.22. The van der Waals surface area contributed by atoms with Gasteiger partial charge in [0, 0.05) is 22.0 Å². The number of anilines is 1. The smallest absolute Gasteiger partial charge is 0.238 e. The van der Waals surface area contributed by atoms with Crippen LogP contribution in [0.2, 0.25) is 0 Å². The number of carbonyl (C=O) groups is 2. The van der Waals surface area contributed by atoms with Gasteiger partial charge in [-0.15, -0.1) is 0 Å². The number of H-pyrrole nitrogens is 1. The van der Waals surface area contributed by atoms with Crippen molar-refractivity contribution in [2.75, 3.05) is 26.0 Å². The highest BCUT2D eigenvalue weighted by atomic mass is 16.2. The summed E-state index contributed by atoms with van der Waals surface area (Å²) < 4.78 is 0. The number of amides is 1. The zero-order chi connectivity index (χ0) is 16.5. The second-order valence-electron chi connectivity index (χ2n) is 6.85. The van der Waals surface area contributed by atoms with Crippen LogP contribution in [-0.2, 0) is 4.79 Å². The number of fused-ring (bicyclic) bond motifs is 1. The number of rotatable bonds is 4. The minimum absolute atomic E-state index is 0.0640. The molecule has 2 aromatic rings. The summed E-state index contributed by atoms with van der Waals surface area (Å²) >= 11 is 0. The summed E-state index contributed by atoms with van der Waals surface area (Å²) in [6.45, 7) is 6.02. The van der Waals surface area contributed by atoms with Crippen LogP contribution in [0.4, 0.5) is 5.69 Å². The quantitative estimate of drug-likeness (QED) is 0.853. The first kappa shape index (κ1) is 16.2. The molecule has 5 nitrogen and oxygen atoms in total. The van der Waals surface area contributed by atoms with E-state index in [0.717, 1.165) is 16.6 Å². The van der Waals surface area contributed by atoms with Gasteiger partial charge in [-0.3, -0.25) is 9.59 Å². The number of ketones is 1. The third-order valence-corrected chi connectivity index (χ3v) is 3.29. The Balaban J connectivity index is 2.24. The van der Waals surface area contributed by atoms with Gasteiger partial charge in [-0.25, -0.2) is 0 Å². The number of Topliss-reactive ketones (excluding diaryl/α,β-unsaturated/α-hetero) is 1. The van der Waals surface area contributed by atoms with Gasteiger partial charge in [-0.1, -0.05) is 20.8 Å². The molecule has 0 aliphatic rings. The van der Waals surface area contributed by atoms with Crippen molar-refractivity contribution in [2.24, 2.45) is 5.41 Å². The lowest BCUT2D eigenvalue weighted by atomic mass is 9.89. The molecular weight excluding hydrogens is 278 g/mol. The van der Waals surface area contributed by atoms with Crippen LogP contribution in [0.15, 0.2) is 24.3 Å². The van der Waals surface area contributed by atoms with Crippen molar-refractivity contribution in [3.63, 3.8) is 0 Å². The lowest BCUT2D eigenvalue weighted by Crippen LogP contribution is -2.27. The van der Waals surface area contributed by atoms with Crippen LogP contribution in [0, 0.1) is 5.41 Å². The Labute approximate surface area is 130 Å². The van der Waals surface area contributed by atoms with Crippen LogP contribution in [0.1, 0.15) is 31.3 Å². The van der Waals surface area contributed by atoms with E-state index >= 15 is 0 Å². The molecule has 1 amide bonds. The first-order valence-corrected chi connectivity index (χ1v) is 7.29. The van der Waals surface area contributed by atoms with Gasteiger partial charge >= 0.3 is 0 Å². The van der Waals surface area contributed by atoms with Gasteiger partial charge < -0.3 is 15.2 Å². The molecule has 0 saturated heterocycles. The van der Waals surface area contributed by atoms with Gasteiger partial charge in [0.05, 0.1) is 12.2 Å². The fourth-order valence-corrected chi connectivity index (χ4v) is 2.22. The lowest BCUT2D eigenvalue weighted by molar-refractivity contribution is -0.116. The third kappa shape index (κ3) is 3.74. The number of hydrogen-bond acceptors (Lipinski definition) is 3. The molecule has 1 aromatic carbocycles. The molecule has 1 aromatic heterocycles. The zero-order valence-corrected chi connectivity index (χ0v) is 13.8. The molecule has 0 spiro atoms. The minimum atomic E-state index is -0.427. The standard InChI is InChI=1S/C17H23N3O2/c1-17(2,3)16(22)14-9-11-8-12(6-7-13(11)19-14)18-15(21)10-20(4)5/h6-9,19H,10H2,1-5H3,(H,18,21). The first-order valence-electron chi connectivity index (χ1n) is 7.29. The normalized spacial score (nSPS) is 11.9. The molecule has 118 valence electrons. The maximum Gasteiger partial charge on any atom is 0.238 e. The van der Waals surface area contributed by atoms with Crippen LogP contribution in [0.25, 0.3) is 10.9 Å². The highest BCUT2D eigenvalue weighted by Gasteiger charge is 2.24. The number of likely N-dealkylation sites (N-methyl/N-ethyl adjacent to an activating group) is 1. The van der Waals surface area contributed by atoms with E-state index in [1.165, 1.54) is 0 Å². The summed E-state index contributed by atoms with van der Waals surface area (Å²) in [5.74, 6) is 0.00719. The Kier molecular flexibility index (Phi) is 4.37. The third-order valence-electron chi connectivity index (χ3n) is 3.29. The van der Waals surface area contributed by atoms with Gasteiger partial charge in [-0.2, -0.15) is 0 Å². The van der Waals surface area contributed by atoms with Gasteiger partial charge in [0.15, 0.2) is 5.78 Å². The molecule has 0 aliphatic carbocycles. The van der Waals surface area contributed by atoms with Crippen molar-refractivity contribution in [2.45, 2.75) is 20.8 Å². The summed E-state index contributed by atoms with van der Waals surface area (Å²) in [5.41, 5.74) is 1.79. The van der Waals surface area contributed by atoms with Crippen molar-refractivity contribution in [1.29, 1.82) is 0 Å². The van der Waals surface area contributed by atoms with Crippen LogP contribution in [0.3, 0.4) is 0 Å². The van der Waals surface area contributed by atoms with Crippen molar-refractivity contribution >= 4 is 28.3 Å². The average molecular weight is 301 g/mol. The number of nitrogens with zero attached hydrogens (tertiary/aromatic N) is 1. The topological polar surface area (TPSA) is 65.2 Å². The molecular formula is C17H23N3O2. The van der Waals surface area contributed by atoms with Crippen LogP contribution in [-0.4, -0.2) is 42.2 Å². The van der Waals surface area contributed by atoms with E-state index in [4.69, 9.17) is 0 Å². The second-order valence-corrected chi connectivity index (χ2v) is 6.85. The second kappa shape index (κ2) is 5.93. The Hall–Kier alpha value is -2.14. The molecule has 0 saturated carbocycles. The molecule has 0 radical (unpaired) electrons. The van der Waals surface area contributed by atoms with E-state index in [-0.39, 0.29) is 11.7 Å². The van der Waals surface area contributed by atoms with E-state index < -0.39 is 5.41 Å². The molecule has 0 unspecified atom stereocenters. The number of carbonyl (C=O) groups excluding carboxylic acids is 2. The van der Waals surface area contributed by atoms with Gasteiger partial charge in [0.25, 0.3) is 0 Å². The highest BCUT2D eigenvalue weighted by molar-refractivity contribution is 6.03. The number of aromatic amines is 1. The van der Waals surface area contributed by atoms with Crippen LogP contribution in [0.5, 0.6) is 0 Å². The Morgan fingerprint density at radius 1 is 1.18 bits per heavy atom. The van der Waals surface area contributed by atoms with Gasteiger partial charge in [0.1, 0.15) is 0 Å². The fraction of sp³-hybridized carbons (Fsp3) is 0.412. The van der Waals surface area contributed by atoms with E-state index in [2.05, 4.69) is 10.3 Å². The Morgan fingerprint density at radius 3 is 2.45 bits per heavy atom. The Bertz CT molecular complexity index is 708. The highest BCUT2D eigenvalue weighted by Crippen LogP contribution is 2.25. The van der Waals surface area contributed by atoms with E-state index in [1.54, 1.807) is 0 Å². The van der Waals surface area contributed by atoms with Gasteiger partial charge in [-0.05, 0) is 38.4 Å². The predicted molar refractivity (Wildman–Crippen MR) is 89.3 cm³/mol. The lowest BCUT2D eigenvalue weighted by Gasteiger charge is -2.14. The van der Waals surface area contributed by atoms with Crippen molar-refractivity contribution in [3.8, 4) is 0 Å². The van der Waals surface area contributed by atoms with Crippen molar-refractivity contribution < 1.29 is 9.59 Å². The molecule has 0 fully saturated rings. The van der Waals surface area contributed by atoms with Gasteiger partial charge in [0.2, 0.25) is 5.91 Å². The number of aromatic nitrogens is 1.